The number of allylic oxidation sites excluding steroid dienone is 2. The van der Waals surface area contributed by atoms with E-state index in [-0.39, 0.29) is 11.2 Å². The monoisotopic (exact) mass is 245 g/mol. The maximum Gasteiger partial charge on any atom is 0.126 e. The van der Waals surface area contributed by atoms with Crippen LogP contribution in [0, 0.1) is 24.1 Å². The summed E-state index contributed by atoms with van der Waals surface area (Å²) in [6.45, 7) is 3.04. The van der Waals surface area contributed by atoms with Crippen molar-refractivity contribution in [3.63, 3.8) is 0 Å². The lowest BCUT2D eigenvalue weighted by molar-refractivity contribution is 0.0653. The zero-order valence-electron chi connectivity index (χ0n) is 10.4. The molecule has 18 heavy (non-hydrogen) atoms. The van der Waals surface area contributed by atoms with Crippen LogP contribution in [0.1, 0.15) is 24.0 Å². The Balaban J connectivity index is 2.42. The number of hydrogen-bond acceptors (Lipinski definition) is 2. The first-order valence-electron chi connectivity index (χ1n) is 6.10. The van der Waals surface area contributed by atoms with Crippen molar-refractivity contribution in [1.29, 1.82) is 5.26 Å². The summed E-state index contributed by atoms with van der Waals surface area (Å²) in [5.74, 6) is -0.191. The molecule has 94 valence electrons. The third kappa shape index (κ3) is 2.44. The van der Waals surface area contributed by atoms with Gasteiger partial charge in [0.25, 0.3) is 0 Å². The molecule has 0 radical (unpaired) electrons. The quantitative estimate of drug-likeness (QED) is 0.749. The minimum absolute atomic E-state index is 0.191. The molecule has 0 aliphatic carbocycles. The fourth-order valence-corrected chi connectivity index (χ4v) is 2.39. The Morgan fingerprint density at radius 2 is 2.11 bits per heavy atom. The molecule has 0 unspecified atom stereocenters. The zero-order valence-corrected chi connectivity index (χ0v) is 10.4. The van der Waals surface area contributed by atoms with Gasteiger partial charge in [0.05, 0.1) is 6.07 Å². The fraction of sp³-hybridized carbons (Fsp3) is 0.400. The highest BCUT2D eigenvalue weighted by Crippen LogP contribution is 2.36. The van der Waals surface area contributed by atoms with E-state index in [1.54, 1.807) is 19.1 Å². The van der Waals surface area contributed by atoms with Gasteiger partial charge in [0.2, 0.25) is 0 Å². The van der Waals surface area contributed by atoms with Crippen LogP contribution >= 0.6 is 0 Å². The highest BCUT2D eigenvalue weighted by Gasteiger charge is 2.32. The topological polar surface area (TPSA) is 33.0 Å². The predicted octanol–water partition coefficient (Wildman–Crippen LogP) is 3.26. The van der Waals surface area contributed by atoms with Crippen LogP contribution in [-0.4, -0.2) is 13.2 Å². The average molecular weight is 245 g/mol. The molecular formula is C15H16FNO. The molecule has 1 aliphatic heterocycles. The highest BCUT2D eigenvalue weighted by molar-refractivity contribution is 5.35. The molecular weight excluding hydrogens is 229 g/mol. The van der Waals surface area contributed by atoms with Gasteiger partial charge in [0.1, 0.15) is 5.82 Å². The van der Waals surface area contributed by atoms with Crippen LogP contribution in [0.5, 0.6) is 0 Å². The molecule has 0 amide bonds. The van der Waals surface area contributed by atoms with Gasteiger partial charge in [-0.15, -0.1) is 0 Å². The number of benzene rings is 1. The van der Waals surface area contributed by atoms with Gasteiger partial charge in [-0.05, 0) is 37.0 Å². The summed E-state index contributed by atoms with van der Waals surface area (Å²) in [6, 6.07) is 7.35. The number of hydrogen-bond donors (Lipinski definition) is 0. The van der Waals surface area contributed by atoms with Crippen molar-refractivity contribution in [3.05, 3.63) is 47.3 Å². The van der Waals surface area contributed by atoms with Crippen molar-refractivity contribution in [2.45, 2.75) is 25.2 Å². The number of nitriles is 1. The number of nitrogens with zero attached hydrogens (tertiary/aromatic N) is 1. The van der Waals surface area contributed by atoms with E-state index in [0.717, 1.165) is 18.4 Å². The van der Waals surface area contributed by atoms with E-state index in [4.69, 9.17) is 10.00 Å². The van der Waals surface area contributed by atoms with E-state index in [1.807, 2.05) is 18.2 Å². The Morgan fingerprint density at radius 1 is 1.39 bits per heavy atom. The Hall–Kier alpha value is -1.66. The van der Waals surface area contributed by atoms with Crippen molar-refractivity contribution in [2.75, 3.05) is 13.2 Å². The summed E-state index contributed by atoms with van der Waals surface area (Å²) < 4.78 is 19.1. The molecule has 1 heterocycles. The minimum atomic E-state index is -0.261. The van der Waals surface area contributed by atoms with Crippen LogP contribution in [-0.2, 0) is 10.2 Å². The van der Waals surface area contributed by atoms with Crippen LogP contribution in [0.3, 0.4) is 0 Å². The van der Waals surface area contributed by atoms with Crippen molar-refractivity contribution in [2.24, 2.45) is 0 Å². The minimum Gasteiger partial charge on any atom is -0.381 e. The summed E-state index contributed by atoms with van der Waals surface area (Å²) in [5, 5.41) is 8.71. The summed E-state index contributed by atoms with van der Waals surface area (Å²) in [4.78, 5) is 0. The van der Waals surface area contributed by atoms with E-state index in [0.29, 0.717) is 18.8 Å². The lowest BCUT2D eigenvalue weighted by Crippen LogP contribution is -2.32. The molecule has 1 aromatic carbocycles. The third-order valence-electron chi connectivity index (χ3n) is 3.61. The van der Waals surface area contributed by atoms with Crippen molar-refractivity contribution < 1.29 is 9.13 Å². The summed E-state index contributed by atoms with van der Waals surface area (Å²) >= 11 is 0. The van der Waals surface area contributed by atoms with Crippen LogP contribution in [0.15, 0.2) is 30.4 Å². The van der Waals surface area contributed by atoms with E-state index in [9.17, 15) is 4.39 Å². The molecule has 0 bridgehead atoms. The maximum atomic E-state index is 13.7. The highest BCUT2D eigenvalue weighted by atomic mass is 19.1. The Labute approximate surface area is 107 Å². The number of aryl methyl sites for hydroxylation is 1. The van der Waals surface area contributed by atoms with E-state index < -0.39 is 0 Å². The van der Waals surface area contributed by atoms with Gasteiger partial charge in [-0.25, -0.2) is 4.39 Å². The number of halogens is 1. The first-order valence-corrected chi connectivity index (χ1v) is 6.10. The SMILES string of the molecule is Cc1ccc(C2(C=CC#N)CCOCC2)cc1F. The summed E-state index contributed by atoms with van der Waals surface area (Å²) in [7, 11) is 0. The molecule has 1 saturated heterocycles. The average Bonchev–Trinajstić information content (AvgIpc) is 2.40. The summed E-state index contributed by atoms with van der Waals surface area (Å²) in [6.07, 6.45) is 4.95. The zero-order chi connectivity index (χ0) is 13.0. The first kappa shape index (κ1) is 12.8. The molecule has 0 saturated carbocycles. The van der Waals surface area contributed by atoms with Gasteiger partial charge in [-0.1, -0.05) is 18.2 Å². The van der Waals surface area contributed by atoms with Crippen LogP contribution in [0.2, 0.25) is 0 Å². The Morgan fingerprint density at radius 3 is 2.72 bits per heavy atom. The van der Waals surface area contributed by atoms with Gasteiger partial charge >= 0.3 is 0 Å². The molecule has 0 spiro atoms. The molecule has 0 aromatic heterocycles. The molecule has 2 nitrogen and oxygen atoms in total. The molecule has 1 aromatic rings. The lowest BCUT2D eigenvalue weighted by Gasteiger charge is -2.35. The van der Waals surface area contributed by atoms with E-state index >= 15 is 0 Å². The maximum absolute atomic E-state index is 13.7. The molecule has 2 rings (SSSR count). The molecule has 3 heteroatoms. The van der Waals surface area contributed by atoms with Crippen LogP contribution in [0.4, 0.5) is 4.39 Å². The van der Waals surface area contributed by atoms with Gasteiger partial charge in [0, 0.05) is 24.7 Å². The van der Waals surface area contributed by atoms with Gasteiger partial charge in [-0.2, -0.15) is 5.26 Å². The molecule has 0 N–H and O–H groups in total. The fourth-order valence-electron chi connectivity index (χ4n) is 2.39. The standard InChI is InChI=1S/C15H16FNO/c1-12-3-4-13(11-14(12)16)15(5-2-8-17)6-9-18-10-7-15/h2-5,11H,6-7,9-10H2,1H3. The van der Waals surface area contributed by atoms with Crippen molar-refractivity contribution >= 4 is 0 Å². The number of ether oxygens (including phenoxy) is 1. The van der Waals surface area contributed by atoms with E-state index in [1.165, 1.54) is 6.08 Å². The van der Waals surface area contributed by atoms with Crippen LogP contribution in [0.25, 0.3) is 0 Å². The van der Waals surface area contributed by atoms with E-state index in [2.05, 4.69) is 0 Å². The Kier molecular flexibility index (Phi) is 3.78. The van der Waals surface area contributed by atoms with Gasteiger partial charge in [0.15, 0.2) is 0 Å². The predicted molar refractivity (Wildman–Crippen MR) is 67.6 cm³/mol. The molecule has 0 atom stereocenters. The molecule has 1 fully saturated rings. The second kappa shape index (κ2) is 5.32. The largest absolute Gasteiger partial charge is 0.381 e. The second-order valence-corrected chi connectivity index (χ2v) is 4.69. The number of rotatable bonds is 2. The van der Waals surface area contributed by atoms with Crippen LogP contribution < -0.4 is 0 Å². The van der Waals surface area contributed by atoms with Gasteiger partial charge < -0.3 is 4.74 Å². The summed E-state index contributed by atoms with van der Waals surface area (Å²) in [5.41, 5.74) is 1.31. The Bertz CT molecular complexity index is 496. The first-order chi connectivity index (χ1) is 8.68. The third-order valence-corrected chi connectivity index (χ3v) is 3.61. The van der Waals surface area contributed by atoms with Crippen molar-refractivity contribution in [1.82, 2.24) is 0 Å². The normalized spacial score (nSPS) is 18.7. The lowest BCUT2D eigenvalue weighted by atomic mass is 9.74. The smallest absolute Gasteiger partial charge is 0.126 e. The molecule has 1 aliphatic rings. The van der Waals surface area contributed by atoms with Gasteiger partial charge in [-0.3, -0.25) is 0 Å². The second-order valence-electron chi connectivity index (χ2n) is 4.69. The van der Waals surface area contributed by atoms with Crippen molar-refractivity contribution in [3.8, 4) is 6.07 Å².